The van der Waals surface area contributed by atoms with E-state index < -0.39 is 0 Å². The van der Waals surface area contributed by atoms with Crippen LogP contribution in [0.25, 0.3) is 0 Å². The van der Waals surface area contributed by atoms with Gasteiger partial charge in [0.05, 0.1) is 13.2 Å². The van der Waals surface area contributed by atoms with Crippen molar-refractivity contribution in [2.75, 3.05) is 13.2 Å². The van der Waals surface area contributed by atoms with Gasteiger partial charge in [0, 0.05) is 12.8 Å². The number of ether oxygens (including phenoxy) is 2. The van der Waals surface area contributed by atoms with E-state index in [9.17, 15) is 4.79 Å². The van der Waals surface area contributed by atoms with Crippen molar-refractivity contribution in [2.24, 2.45) is 0 Å². The molecule has 0 radical (unpaired) electrons. The number of hydrogen-bond acceptors (Lipinski definition) is 4. The van der Waals surface area contributed by atoms with Gasteiger partial charge >= 0.3 is 5.97 Å². The minimum atomic E-state index is -0.291. The largest absolute Gasteiger partial charge is 0.466 e. The monoisotopic (exact) mass is 224 g/mol. The lowest BCUT2D eigenvalue weighted by Gasteiger charge is -2.21. The molecule has 0 aromatic carbocycles. The Bertz CT molecular complexity index is 374. The van der Waals surface area contributed by atoms with Gasteiger partial charge in [-0.1, -0.05) is 0 Å². The van der Waals surface area contributed by atoms with E-state index in [0.717, 1.165) is 18.6 Å². The summed E-state index contributed by atoms with van der Waals surface area (Å²) in [7, 11) is 0. The molecular formula is C12H16O4. The first kappa shape index (κ1) is 11.2. The number of carbonyl (C=O) groups excluding carboxylic acids is 1. The van der Waals surface area contributed by atoms with E-state index in [0.29, 0.717) is 24.5 Å². The third kappa shape index (κ3) is 2.44. The summed E-state index contributed by atoms with van der Waals surface area (Å²) in [6.45, 7) is 4.93. The smallest absolute Gasteiger partial charge is 0.341 e. The van der Waals surface area contributed by atoms with Gasteiger partial charge in [-0.15, -0.1) is 0 Å². The van der Waals surface area contributed by atoms with Crippen LogP contribution in [0.4, 0.5) is 0 Å². The summed E-state index contributed by atoms with van der Waals surface area (Å²) in [5.74, 6) is 1.06. The molecule has 16 heavy (non-hydrogen) atoms. The highest BCUT2D eigenvalue weighted by Crippen LogP contribution is 2.18. The Morgan fingerprint density at radius 1 is 1.38 bits per heavy atom. The highest BCUT2D eigenvalue weighted by Gasteiger charge is 2.21. The Morgan fingerprint density at radius 2 is 2.06 bits per heavy atom. The molecule has 2 heterocycles. The summed E-state index contributed by atoms with van der Waals surface area (Å²) in [5.41, 5.74) is 0.531. The molecule has 1 aliphatic rings. The van der Waals surface area contributed by atoms with Crippen LogP contribution >= 0.6 is 0 Å². The Hall–Kier alpha value is -1.29. The van der Waals surface area contributed by atoms with Crippen LogP contribution in [-0.4, -0.2) is 25.3 Å². The maximum Gasteiger partial charge on any atom is 0.341 e. The first-order valence-electron chi connectivity index (χ1n) is 5.52. The van der Waals surface area contributed by atoms with Gasteiger partial charge in [0.2, 0.25) is 0 Å². The van der Waals surface area contributed by atoms with E-state index in [1.165, 1.54) is 0 Å². The maximum absolute atomic E-state index is 11.8. The van der Waals surface area contributed by atoms with E-state index in [1.54, 1.807) is 13.0 Å². The van der Waals surface area contributed by atoms with Crippen molar-refractivity contribution in [3.8, 4) is 0 Å². The van der Waals surface area contributed by atoms with Crippen LogP contribution in [0.15, 0.2) is 10.5 Å². The molecule has 2 rings (SSSR count). The van der Waals surface area contributed by atoms with E-state index >= 15 is 0 Å². The van der Waals surface area contributed by atoms with Crippen molar-refractivity contribution in [2.45, 2.75) is 32.8 Å². The molecule has 1 aliphatic heterocycles. The van der Waals surface area contributed by atoms with Crippen LogP contribution in [-0.2, 0) is 9.47 Å². The average molecular weight is 224 g/mol. The average Bonchev–Trinajstić information content (AvgIpc) is 2.59. The summed E-state index contributed by atoms with van der Waals surface area (Å²) < 4.78 is 15.9. The summed E-state index contributed by atoms with van der Waals surface area (Å²) >= 11 is 0. The van der Waals surface area contributed by atoms with Crippen molar-refractivity contribution in [1.82, 2.24) is 0 Å². The molecule has 4 heteroatoms. The minimum absolute atomic E-state index is 0.0177. The molecule has 1 fully saturated rings. The van der Waals surface area contributed by atoms with Crippen LogP contribution in [0.1, 0.15) is 34.7 Å². The van der Waals surface area contributed by atoms with Gasteiger partial charge in [-0.2, -0.15) is 0 Å². The summed E-state index contributed by atoms with van der Waals surface area (Å²) in [6.07, 6.45) is 1.54. The minimum Gasteiger partial charge on any atom is -0.466 e. The predicted octanol–water partition coefficient (Wildman–Crippen LogP) is 2.23. The Kier molecular flexibility index (Phi) is 3.29. The summed E-state index contributed by atoms with van der Waals surface area (Å²) in [4.78, 5) is 11.8. The lowest BCUT2D eigenvalue weighted by Crippen LogP contribution is -2.26. The molecule has 0 unspecified atom stereocenters. The van der Waals surface area contributed by atoms with Gasteiger partial charge in [0.1, 0.15) is 23.2 Å². The van der Waals surface area contributed by atoms with Crippen molar-refractivity contribution in [3.63, 3.8) is 0 Å². The van der Waals surface area contributed by atoms with E-state index in [4.69, 9.17) is 13.9 Å². The van der Waals surface area contributed by atoms with Gasteiger partial charge in [0.15, 0.2) is 0 Å². The van der Waals surface area contributed by atoms with Crippen molar-refractivity contribution in [3.05, 3.63) is 23.2 Å². The molecule has 0 aliphatic carbocycles. The molecule has 0 N–H and O–H groups in total. The van der Waals surface area contributed by atoms with E-state index in [1.807, 2.05) is 6.92 Å². The molecular weight excluding hydrogens is 208 g/mol. The number of esters is 1. The Balaban J connectivity index is 1.99. The third-order valence-electron chi connectivity index (χ3n) is 2.70. The second-order valence-electron chi connectivity index (χ2n) is 4.04. The SMILES string of the molecule is Cc1cc(C(=O)OC2CCOCC2)c(C)o1. The zero-order valence-electron chi connectivity index (χ0n) is 9.62. The molecule has 1 aromatic rings. The molecule has 4 nitrogen and oxygen atoms in total. The number of aryl methyl sites for hydroxylation is 2. The first-order valence-corrected chi connectivity index (χ1v) is 5.52. The molecule has 1 saturated heterocycles. The van der Waals surface area contributed by atoms with Crippen LogP contribution < -0.4 is 0 Å². The summed E-state index contributed by atoms with van der Waals surface area (Å²) in [5, 5.41) is 0. The van der Waals surface area contributed by atoms with E-state index in [2.05, 4.69) is 0 Å². The molecule has 1 aromatic heterocycles. The molecule has 0 atom stereocenters. The fourth-order valence-electron chi connectivity index (χ4n) is 1.84. The van der Waals surface area contributed by atoms with Crippen molar-refractivity contribution < 1.29 is 18.7 Å². The van der Waals surface area contributed by atoms with Crippen LogP contribution in [0, 0.1) is 13.8 Å². The molecule has 0 spiro atoms. The van der Waals surface area contributed by atoms with E-state index in [-0.39, 0.29) is 12.1 Å². The quantitative estimate of drug-likeness (QED) is 0.723. The van der Waals surface area contributed by atoms with Gasteiger partial charge in [-0.05, 0) is 19.9 Å². The Morgan fingerprint density at radius 3 is 2.62 bits per heavy atom. The fraction of sp³-hybridized carbons (Fsp3) is 0.583. The fourth-order valence-corrected chi connectivity index (χ4v) is 1.84. The molecule has 0 saturated carbocycles. The topological polar surface area (TPSA) is 48.7 Å². The first-order chi connectivity index (χ1) is 7.66. The predicted molar refractivity (Wildman–Crippen MR) is 57.4 cm³/mol. The lowest BCUT2D eigenvalue weighted by atomic mass is 10.1. The van der Waals surface area contributed by atoms with Gasteiger partial charge < -0.3 is 13.9 Å². The zero-order chi connectivity index (χ0) is 11.5. The molecule has 0 amide bonds. The van der Waals surface area contributed by atoms with Gasteiger partial charge in [-0.25, -0.2) is 4.79 Å². The normalized spacial score (nSPS) is 17.4. The number of furan rings is 1. The number of hydrogen-bond donors (Lipinski definition) is 0. The van der Waals surface area contributed by atoms with Crippen molar-refractivity contribution in [1.29, 1.82) is 0 Å². The standard InChI is InChI=1S/C12H16O4/c1-8-7-11(9(2)15-8)12(13)16-10-3-5-14-6-4-10/h7,10H,3-6H2,1-2H3. The highest BCUT2D eigenvalue weighted by molar-refractivity contribution is 5.90. The molecule has 88 valence electrons. The Labute approximate surface area is 94.5 Å². The molecule has 0 bridgehead atoms. The highest BCUT2D eigenvalue weighted by atomic mass is 16.6. The maximum atomic E-state index is 11.8. The number of carbonyl (C=O) groups is 1. The lowest BCUT2D eigenvalue weighted by molar-refractivity contribution is -0.0160. The third-order valence-corrected chi connectivity index (χ3v) is 2.70. The second kappa shape index (κ2) is 4.70. The van der Waals surface area contributed by atoms with Crippen LogP contribution in [0.5, 0.6) is 0 Å². The van der Waals surface area contributed by atoms with Crippen LogP contribution in [0.3, 0.4) is 0 Å². The number of rotatable bonds is 2. The summed E-state index contributed by atoms with van der Waals surface area (Å²) in [6, 6.07) is 1.72. The second-order valence-corrected chi connectivity index (χ2v) is 4.04. The zero-order valence-corrected chi connectivity index (χ0v) is 9.62. The van der Waals surface area contributed by atoms with Crippen LogP contribution in [0.2, 0.25) is 0 Å². The van der Waals surface area contributed by atoms with Crippen molar-refractivity contribution >= 4 is 5.97 Å². The van der Waals surface area contributed by atoms with Gasteiger partial charge in [-0.3, -0.25) is 0 Å². The van der Waals surface area contributed by atoms with Gasteiger partial charge in [0.25, 0.3) is 0 Å².